The number of phenols is 2. The Hall–Kier alpha value is -4.24. The van der Waals surface area contributed by atoms with E-state index in [0.29, 0.717) is 35.1 Å². The maximum atomic E-state index is 11.8. The maximum absolute atomic E-state index is 11.8. The third kappa shape index (κ3) is 8.08. The number of hydrogen-bond donors (Lipinski definition) is 4. The SMILES string of the molecule is C=CCc1cccc(/C=N/NC(=O)COCC(=O)N/N=C/c2cccc(CC=C)c2O)c1O. The first-order valence-electron chi connectivity index (χ1n) is 10.0. The monoisotopic (exact) mass is 450 g/mol. The van der Waals surface area contributed by atoms with Gasteiger partial charge >= 0.3 is 0 Å². The van der Waals surface area contributed by atoms with E-state index in [4.69, 9.17) is 4.74 Å². The molecule has 33 heavy (non-hydrogen) atoms. The summed E-state index contributed by atoms with van der Waals surface area (Å²) in [6.07, 6.45) is 6.96. The number of hydrogen-bond acceptors (Lipinski definition) is 7. The van der Waals surface area contributed by atoms with Crippen molar-refractivity contribution in [3.05, 3.63) is 84.0 Å². The van der Waals surface area contributed by atoms with Gasteiger partial charge in [-0.3, -0.25) is 9.59 Å². The van der Waals surface area contributed by atoms with E-state index in [9.17, 15) is 19.8 Å². The number of ether oxygens (including phenoxy) is 1. The van der Waals surface area contributed by atoms with Crippen molar-refractivity contribution in [2.75, 3.05) is 13.2 Å². The number of hydrazone groups is 2. The molecule has 9 nitrogen and oxygen atoms in total. The molecule has 0 bridgehead atoms. The topological polar surface area (TPSA) is 133 Å². The van der Waals surface area contributed by atoms with E-state index >= 15 is 0 Å². The van der Waals surface area contributed by atoms with Crippen molar-refractivity contribution >= 4 is 24.2 Å². The second-order valence-electron chi connectivity index (χ2n) is 6.77. The third-order valence-corrected chi connectivity index (χ3v) is 4.28. The minimum absolute atomic E-state index is 0.0598. The summed E-state index contributed by atoms with van der Waals surface area (Å²) < 4.78 is 5.02. The lowest BCUT2D eigenvalue weighted by Gasteiger charge is -2.05. The van der Waals surface area contributed by atoms with Crippen LogP contribution in [0.15, 0.2) is 71.9 Å². The highest BCUT2D eigenvalue weighted by molar-refractivity contribution is 5.87. The lowest BCUT2D eigenvalue weighted by molar-refractivity contribution is -0.130. The Labute approximate surface area is 191 Å². The lowest BCUT2D eigenvalue weighted by Crippen LogP contribution is -2.28. The van der Waals surface area contributed by atoms with E-state index in [1.807, 2.05) is 0 Å². The Kier molecular flexibility index (Phi) is 10.0. The fourth-order valence-corrected chi connectivity index (χ4v) is 2.72. The van der Waals surface area contributed by atoms with Crippen LogP contribution in [-0.4, -0.2) is 47.7 Å². The normalized spacial score (nSPS) is 10.9. The molecule has 2 rings (SSSR count). The minimum Gasteiger partial charge on any atom is -0.507 e. The van der Waals surface area contributed by atoms with Crippen molar-refractivity contribution in [3.63, 3.8) is 0 Å². The Morgan fingerprint density at radius 3 is 1.64 bits per heavy atom. The molecule has 172 valence electrons. The van der Waals surface area contributed by atoms with E-state index in [-0.39, 0.29) is 11.5 Å². The molecule has 0 saturated carbocycles. The number of para-hydroxylation sites is 2. The van der Waals surface area contributed by atoms with Gasteiger partial charge in [-0.2, -0.15) is 10.2 Å². The smallest absolute Gasteiger partial charge is 0.266 e. The van der Waals surface area contributed by atoms with Gasteiger partial charge in [0.25, 0.3) is 11.8 Å². The van der Waals surface area contributed by atoms with Gasteiger partial charge in [0, 0.05) is 11.1 Å². The van der Waals surface area contributed by atoms with Gasteiger partial charge in [-0.25, -0.2) is 10.9 Å². The quantitative estimate of drug-likeness (QED) is 0.223. The molecule has 0 radical (unpaired) electrons. The highest BCUT2D eigenvalue weighted by Crippen LogP contribution is 2.22. The number of allylic oxidation sites excluding steroid dienone is 2. The maximum Gasteiger partial charge on any atom is 0.266 e. The van der Waals surface area contributed by atoms with Gasteiger partial charge in [0.1, 0.15) is 24.7 Å². The van der Waals surface area contributed by atoms with Gasteiger partial charge in [0.15, 0.2) is 0 Å². The van der Waals surface area contributed by atoms with Crippen molar-refractivity contribution in [3.8, 4) is 11.5 Å². The molecule has 0 heterocycles. The molecule has 0 aliphatic rings. The molecule has 4 N–H and O–H groups in total. The Balaban J connectivity index is 1.74. The molecule has 9 heteroatoms. The Morgan fingerprint density at radius 2 is 1.24 bits per heavy atom. The zero-order valence-electron chi connectivity index (χ0n) is 18.0. The molecular formula is C24H26N4O5. The average molecular weight is 450 g/mol. The number of benzene rings is 2. The van der Waals surface area contributed by atoms with E-state index < -0.39 is 25.0 Å². The summed E-state index contributed by atoms with van der Waals surface area (Å²) in [4.78, 5) is 23.5. The molecule has 0 saturated heterocycles. The van der Waals surface area contributed by atoms with Crippen molar-refractivity contribution in [2.24, 2.45) is 10.2 Å². The van der Waals surface area contributed by atoms with Crippen molar-refractivity contribution in [1.29, 1.82) is 0 Å². The molecular weight excluding hydrogens is 424 g/mol. The Morgan fingerprint density at radius 1 is 0.818 bits per heavy atom. The molecule has 0 unspecified atom stereocenters. The number of nitrogens with zero attached hydrogens (tertiary/aromatic N) is 2. The molecule has 0 aliphatic carbocycles. The van der Waals surface area contributed by atoms with E-state index in [1.54, 1.807) is 48.6 Å². The first-order valence-corrected chi connectivity index (χ1v) is 10.0. The van der Waals surface area contributed by atoms with Gasteiger partial charge in [0.2, 0.25) is 0 Å². The van der Waals surface area contributed by atoms with Gasteiger partial charge in [-0.1, -0.05) is 36.4 Å². The van der Waals surface area contributed by atoms with Crippen LogP contribution in [0.2, 0.25) is 0 Å². The molecule has 0 fully saturated rings. The summed E-state index contributed by atoms with van der Waals surface area (Å²) in [5.41, 5.74) is 6.76. The number of phenolic OH excluding ortho intramolecular Hbond substituents is 2. The zero-order valence-corrected chi connectivity index (χ0v) is 18.0. The fourth-order valence-electron chi connectivity index (χ4n) is 2.72. The van der Waals surface area contributed by atoms with Gasteiger partial charge in [-0.15, -0.1) is 13.2 Å². The molecule has 2 aromatic carbocycles. The number of carbonyl (C=O) groups excluding carboxylic acids is 2. The van der Waals surface area contributed by atoms with Crippen LogP contribution in [-0.2, 0) is 27.2 Å². The average Bonchev–Trinajstić information content (AvgIpc) is 2.79. The van der Waals surface area contributed by atoms with E-state index in [0.717, 1.165) is 0 Å². The van der Waals surface area contributed by atoms with Crippen LogP contribution in [0.3, 0.4) is 0 Å². The first-order chi connectivity index (χ1) is 16.0. The van der Waals surface area contributed by atoms with E-state index in [1.165, 1.54) is 12.4 Å². The number of amides is 2. The van der Waals surface area contributed by atoms with Crippen LogP contribution >= 0.6 is 0 Å². The van der Waals surface area contributed by atoms with Crippen LogP contribution in [0.5, 0.6) is 11.5 Å². The van der Waals surface area contributed by atoms with Crippen molar-refractivity contribution in [2.45, 2.75) is 12.8 Å². The number of nitrogens with one attached hydrogen (secondary N) is 2. The number of aromatic hydroxyl groups is 2. The summed E-state index contributed by atoms with van der Waals surface area (Å²) in [7, 11) is 0. The van der Waals surface area contributed by atoms with Gasteiger partial charge in [-0.05, 0) is 36.1 Å². The largest absolute Gasteiger partial charge is 0.507 e. The van der Waals surface area contributed by atoms with Crippen molar-refractivity contribution in [1.82, 2.24) is 10.9 Å². The summed E-state index contributed by atoms with van der Waals surface area (Å²) >= 11 is 0. The molecule has 2 aromatic rings. The minimum atomic E-state index is -0.576. The fraction of sp³-hybridized carbons (Fsp3) is 0.167. The van der Waals surface area contributed by atoms with Crippen LogP contribution < -0.4 is 10.9 Å². The predicted octanol–water partition coefficient (Wildman–Crippen LogP) is 2.17. The predicted molar refractivity (Wildman–Crippen MR) is 126 cm³/mol. The summed E-state index contributed by atoms with van der Waals surface area (Å²) in [6, 6.07) is 10.3. The second kappa shape index (κ2) is 13.2. The zero-order chi connectivity index (χ0) is 24.1. The van der Waals surface area contributed by atoms with Crippen LogP contribution in [0.1, 0.15) is 22.3 Å². The second-order valence-corrected chi connectivity index (χ2v) is 6.77. The van der Waals surface area contributed by atoms with Gasteiger partial charge in [0.05, 0.1) is 12.4 Å². The van der Waals surface area contributed by atoms with Crippen LogP contribution in [0.4, 0.5) is 0 Å². The highest BCUT2D eigenvalue weighted by atomic mass is 16.5. The summed E-state index contributed by atoms with van der Waals surface area (Å²) in [6.45, 7) is 6.46. The standard InChI is InChI=1S/C24H26N4O5/c1-3-7-17-9-5-11-19(23(17)31)13-25-27-21(29)15-33-16-22(30)28-26-14-20-12-6-10-18(8-4-2)24(20)32/h3-6,9-14,31-32H,1-2,7-8,15-16H2,(H,27,29)(H,28,30)/b25-13+,26-14+. The van der Waals surface area contributed by atoms with E-state index in [2.05, 4.69) is 34.2 Å². The van der Waals surface area contributed by atoms with Crippen molar-refractivity contribution < 1.29 is 24.5 Å². The van der Waals surface area contributed by atoms with Gasteiger partial charge < -0.3 is 14.9 Å². The summed E-state index contributed by atoms with van der Waals surface area (Å²) in [5.74, 6) is -1.03. The first kappa shape index (κ1) is 25.0. The Bertz CT molecular complexity index is 979. The van der Waals surface area contributed by atoms with Crippen LogP contribution in [0.25, 0.3) is 0 Å². The lowest BCUT2D eigenvalue weighted by atomic mass is 10.1. The highest BCUT2D eigenvalue weighted by Gasteiger charge is 2.07. The number of rotatable bonds is 12. The molecule has 2 amide bonds. The van der Waals surface area contributed by atoms with Crippen LogP contribution in [0, 0.1) is 0 Å². The molecule has 0 spiro atoms. The third-order valence-electron chi connectivity index (χ3n) is 4.28. The molecule has 0 atom stereocenters. The summed E-state index contributed by atoms with van der Waals surface area (Å²) in [5, 5.41) is 27.8. The molecule has 0 aliphatic heterocycles. The molecule has 0 aromatic heterocycles. The number of carbonyl (C=O) groups is 2.